The summed E-state index contributed by atoms with van der Waals surface area (Å²) in [6.45, 7) is 2.14. The van der Waals surface area contributed by atoms with E-state index >= 15 is 0 Å². The van der Waals surface area contributed by atoms with E-state index in [9.17, 15) is 4.39 Å². The van der Waals surface area contributed by atoms with Crippen LogP contribution in [0.25, 0.3) is 0 Å². The molecule has 0 amide bonds. The van der Waals surface area contributed by atoms with Gasteiger partial charge < -0.3 is 0 Å². The van der Waals surface area contributed by atoms with E-state index in [1.807, 2.05) is 18.2 Å². The van der Waals surface area contributed by atoms with Gasteiger partial charge in [-0.15, -0.1) is 0 Å². The fourth-order valence-corrected chi connectivity index (χ4v) is 2.46. The molecule has 2 aromatic rings. The van der Waals surface area contributed by atoms with Crippen molar-refractivity contribution >= 4 is 15.9 Å². The number of halogens is 2. The Bertz CT molecular complexity index is 477. The topological polar surface area (TPSA) is 0 Å². The summed E-state index contributed by atoms with van der Waals surface area (Å²) < 4.78 is 14.4. The maximum atomic E-state index is 13.3. The largest absolute Gasteiger partial charge is 0.207 e. The molecule has 0 nitrogen and oxygen atoms in total. The highest BCUT2D eigenvalue weighted by molar-refractivity contribution is 9.10. The summed E-state index contributed by atoms with van der Waals surface area (Å²) in [4.78, 5) is 0. The summed E-state index contributed by atoms with van der Waals surface area (Å²) in [6.07, 6.45) is 1.98. The number of benzene rings is 2. The Kier molecular flexibility index (Phi) is 4.54. The zero-order valence-corrected chi connectivity index (χ0v) is 11.9. The van der Waals surface area contributed by atoms with E-state index in [4.69, 9.17) is 0 Å². The van der Waals surface area contributed by atoms with E-state index in [2.05, 4.69) is 35.0 Å². The first-order valence-electron chi connectivity index (χ1n) is 6.08. The molecule has 0 aliphatic heterocycles. The van der Waals surface area contributed by atoms with Gasteiger partial charge in [-0.2, -0.15) is 0 Å². The smallest absolute Gasteiger partial charge is 0.123 e. The number of hydrogen-bond acceptors (Lipinski definition) is 0. The molecule has 0 aliphatic rings. The fourth-order valence-electron chi connectivity index (χ4n) is 2.06. The third-order valence-corrected chi connectivity index (χ3v) is 3.34. The van der Waals surface area contributed by atoms with Crippen LogP contribution in [0.1, 0.15) is 30.9 Å². The first-order valence-corrected chi connectivity index (χ1v) is 6.87. The van der Waals surface area contributed by atoms with E-state index in [1.54, 1.807) is 12.1 Å². The molecule has 2 heteroatoms. The Morgan fingerprint density at radius 3 is 2.33 bits per heavy atom. The maximum absolute atomic E-state index is 13.3. The number of hydrogen-bond donors (Lipinski definition) is 0. The average molecular weight is 306 g/mol. The van der Waals surface area contributed by atoms with Gasteiger partial charge in [-0.3, -0.25) is 0 Å². The molecule has 0 spiro atoms. The molecule has 93 valence electrons. The lowest BCUT2D eigenvalue weighted by molar-refractivity contribution is 0.625. The lowest BCUT2D eigenvalue weighted by atomic mass is 9.88. The van der Waals surface area contributed by atoms with Crippen molar-refractivity contribution in [3.8, 4) is 0 Å². The van der Waals surface area contributed by atoms with E-state index < -0.39 is 0 Å². The summed E-state index contributed by atoms with van der Waals surface area (Å²) in [5, 5.41) is 0. The fraction of sp³-hybridized carbons (Fsp3) is 0.188. The Balaban J connectivity index is 2.39. The summed E-state index contributed by atoms with van der Waals surface area (Å²) in [5.41, 5.74) is 2.12. The molecule has 0 fully saturated rings. The van der Waals surface area contributed by atoms with Gasteiger partial charge in [0.25, 0.3) is 0 Å². The molecule has 0 heterocycles. The number of rotatable bonds is 4. The minimum Gasteiger partial charge on any atom is -0.207 e. The second kappa shape index (κ2) is 6.14. The van der Waals surface area contributed by atoms with Crippen molar-refractivity contribution < 1.29 is 4.39 Å². The first kappa shape index (κ1) is 13.3. The van der Waals surface area contributed by atoms with Crippen LogP contribution >= 0.6 is 15.9 Å². The minimum absolute atomic E-state index is 0.184. The van der Waals surface area contributed by atoms with Gasteiger partial charge in [-0.05, 0) is 41.8 Å². The Labute approximate surface area is 116 Å². The zero-order valence-electron chi connectivity index (χ0n) is 10.3. The Hall–Kier alpha value is -1.15. The molecule has 0 N–H and O–H groups in total. The third kappa shape index (κ3) is 3.20. The molecule has 0 aromatic heterocycles. The van der Waals surface area contributed by atoms with Crippen LogP contribution in [0, 0.1) is 11.7 Å². The molecule has 1 radical (unpaired) electrons. The Morgan fingerprint density at radius 2 is 1.72 bits per heavy atom. The SMILES string of the molecule is CCC[C](c1cccc(F)c1)c1cccc(Br)c1. The lowest BCUT2D eigenvalue weighted by Gasteiger charge is -2.16. The molecule has 0 saturated heterocycles. The first-order chi connectivity index (χ1) is 8.70. The van der Waals surface area contributed by atoms with Crippen LogP contribution in [-0.4, -0.2) is 0 Å². The van der Waals surface area contributed by atoms with Crippen molar-refractivity contribution in [2.24, 2.45) is 0 Å². The van der Waals surface area contributed by atoms with Gasteiger partial charge in [0.1, 0.15) is 5.82 Å². The highest BCUT2D eigenvalue weighted by Gasteiger charge is 2.14. The van der Waals surface area contributed by atoms with E-state index in [-0.39, 0.29) is 5.82 Å². The molecule has 2 aromatic carbocycles. The van der Waals surface area contributed by atoms with E-state index in [1.165, 1.54) is 12.0 Å². The van der Waals surface area contributed by atoms with Crippen molar-refractivity contribution in [3.63, 3.8) is 0 Å². The van der Waals surface area contributed by atoms with Crippen molar-refractivity contribution in [1.29, 1.82) is 0 Å². The zero-order chi connectivity index (χ0) is 13.0. The standard InChI is InChI=1S/C16H15BrF/c1-2-5-16(12-6-3-8-14(17)10-12)13-7-4-9-15(18)11-13/h3-4,6-11H,2,5H2,1H3. The lowest BCUT2D eigenvalue weighted by Crippen LogP contribution is -2.02. The molecular formula is C16H15BrF. The van der Waals surface area contributed by atoms with Gasteiger partial charge in [-0.1, -0.05) is 53.5 Å². The van der Waals surface area contributed by atoms with Crippen molar-refractivity contribution in [2.75, 3.05) is 0 Å². The quantitative estimate of drug-likeness (QED) is 0.713. The predicted octanol–water partition coefficient (Wildman–Crippen LogP) is 5.36. The average Bonchev–Trinajstić information content (AvgIpc) is 2.36. The van der Waals surface area contributed by atoms with Crippen LogP contribution in [0.5, 0.6) is 0 Å². The highest BCUT2D eigenvalue weighted by atomic mass is 79.9. The summed E-state index contributed by atoms with van der Waals surface area (Å²) in [5.74, 6) is 1.01. The van der Waals surface area contributed by atoms with Crippen LogP contribution in [-0.2, 0) is 0 Å². The van der Waals surface area contributed by atoms with Gasteiger partial charge >= 0.3 is 0 Å². The molecule has 0 atom stereocenters. The van der Waals surface area contributed by atoms with Crippen molar-refractivity contribution in [1.82, 2.24) is 0 Å². The van der Waals surface area contributed by atoms with Crippen LogP contribution in [0.4, 0.5) is 4.39 Å². The van der Waals surface area contributed by atoms with Crippen LogP contribution in [0.2, 0.25) is 0 Å². The molecule has 0 unspecified atom stereocenters. The van der Waals surface area contributed by atoms with Crippen LogP contribution < -0.4 is 0 Å². The van der Waals surface area contributed by atoms with E-state index in [0.29, 0.717) is 0 Å². The second-order valence-electron chi connectivity index (χ2n) is 4.25. The molecule has 0 saturated carbocycles. The van der Waals surface area contributed by atoms with E-state index in [0.717, 1.165) is 28.4 Å². The van der Waals surface area contributed by atoms with Crippen LogP contribution in [0.15, 0.2) is 53.0 Å². The minimum atomic E-state index is -0.184. The monoisotopic (exact) mass is 305 g/mol. The summed E-state index contributed by atoms with van der Waals surface area (Å²) >= 11 is 3.48. The normalized spacial score (nSPS) is 10.9. The third-order valence-electron chi connectivity index (χ3n) is 2.85. The molecular weight excluding hydrogens is 291 g/mol. The molecule has 2 rings (SSSR count). The predicted molar refractivity (Wildman–Crippen MR) is 76.9 cm³/mol. The van der Waals surface area contributed by atoms with Gasteiger partial charge in [0.15, 0.2) is 0 Å². The van der Waals surface area contributed by atoms with Crippen molar-refractivity contribution in [2.45, 2.75) is 19.8 Å². The summed E-state index contributed by atoms with van der Waals surface area (Å²) in [7, 11) is 0. The van der Waals surface area contributed by atoms with Gasteiger partial charge in [0.05, 0.1) is 0 Å². The van der Waals surface area contributed by atoms with Crippen molar-refractivity contribution in [3.05, 3.63) is 75.9 Å². The molecule has 0 bridgehead atoms. The maximum Gasteiger partial charge on any atom is 0.123 e. The summed E-state index contributed by atoms with van der Waals surface area (Å²) in [6, 6.07) is 15.0. The Morgan fingerprint density at radius 1 is 1.06 bits per heavy atom. The van der Waals surface area contributed by atoms with Gasteiger partial charge in [0, 0.05) is 10.4 Å². The van der Waals surface area contributed by atoms with Gasteiger partial charge in [0.2, 0.25) is 0 Å². The van der Waals surface area contributed by atoms with Crippen LogP contribution in [0.3, 0.4) is 0 Å². The van der Waals surface area contributed by atoms with Gasteiger partial charge in [-0.25, -0.2) is 4.39 Å². The molecule has 18 heavy (non-hydrogen) atoms. The molecule has 0 aliphatic carbocycles. The highest BCUT2D eigenvalue weighted by Crippen LogP contribution is 2.30. The second-order valence-corrected chi connectivity index (χ2v) is 5.16.